The fourth-order valence-electron chi connectivity index (χ4n) is 3.27. The van der Waals surface area contributed by atoms with Gasteiger partial charge in [0.15, 0.2) is 6.10 Å². The second kappa shape index (κ2) is 8.10. The predicted molar refractivity (Wildman–Crippen MR) is 107 cm³/mol. The predicted octanol–water partition coefficient (Wildman–Crippen LogP) is 2.49. The molecule has 0 aromatic heterocycles. The first-order valence-electron chi connectivity index (χ1n) is 8.98. The summed E-state index contributed by atoms with van der Waals surface area (Å²) >= 11 is 0. The highest BCUT2D eigenvalue weighted by molar-refractivity contribution is 7.92. The van der Waals surface area contributed by atoms with Crippen LogP contribution in [0.4, 0.5) is 5.69 Å². The average molecular weight is 404 g/mol. The lowest BCUT2D eigenvalue weighted by atomic mass is 10.1. The van der Waals surface area contributed by atoms with Crippen molar-refractivity contribution in [3.05, 3.63) is 54.1 Å². The molecular formula is C20H24N2O5S. The number of benzene rings is 2. The lowest BCUT2D eigenvalue weighted by molar-refractivity contribution is -0.128. The number of rotatable bonds is 5. The molecule has 3 rings (SSSR count). The maximum atomic E-state index is 12.9. The summed E-state index contributed by atoms with van der Waals surface area (Å²) in [6.07, 6.45) is 0.588. The van der Waals surface area contributed by atoms with E-state index < -0.39 is 16.1 Å². The van der Waals surface area contributed by atoms with Gasteiger partial charge in [-0.1, -0.05) is 30.3 Å². The smallest absolute Gasteiger partial charge is 0.261 e. The van der Waals surface area contributed by atoms with E-state index in [0.29, 0.717) is 17.2 Å². The summed E-state index contributed by atoms with van der Waals surface area (Å²) in [6.45, 7) is 2.03. The minimum atomic E-state index is -3.48. The van der Waals surface area contributed by atoms with Crippen LogP contribution >= 0.6 is 0 Å². The maximum Gasteiger partial charge on any atom is 0.261 e. The lowest BCUT2D eigenvalue weighted by Gasteiger charge is -2.21. The van der Waals surface area contributed by atoms with Crippen molar-refractivity contribution in [2.24, 2.45) is 0 Å². The molecule has 0 saturated carbocycles. The zero-order valence-corrected chi connectivity index (χ0v) is 16.9. The van der Waals surface area contributed by atoms with Gasteiger partial charge in [-0.15, -0.1) is 0 Å². The second-order valence-electron chi connectivity index (χ2n) is 6.67. The number of amides is 1. The largest absolute Gasteiger partial charge is 0.496 e. The van der Waals surface area contributed by atoms with Crippen LogP contribution in [-0.4, -0.2) is 40.3 Å². The number of hydrogen-bond donors (Lipinski definition) is 1. The molecule has 1 heterocycles. The van der Waals surface area contributed by atoms with Crippen LogP contribution in [0.1, 0.15) is 24.9 Å². The molecule has 0 fully saturated rings. The Labute approximate surface area is 165 Å². The molecular weight excluding hydrogens is 380 g/mol. The number of methoxy groups -OCH3 is 1. The Bertz CT molecular complexity index is 961. The van der Waals surface area contributed by atoms with Crippen molar-refractivity contribution in [3.8, 4) is 11.5 Å². The molecule has 1 aliphatic heterocycles. The lowest BCUT2D eigenvalue weighted by Crippen LogP contribution is -2.40. The van der Waals surface area contributed by atoms with E-state index in [1.54, 1.807) is 31.4 Å². The highest BCUT2D eigenvalue weighted by Crippen LogP contribution is 2.34. The summed E-state index contributed by atoms with van der Waals surface area (Å²) in [5.41, 5.74) is 1.29. The molecule has 2 atom stereocenters. The Balaban J connectivity index is 1.80. The minimum absolute atomic E-state index is 0.164. The van der Waals surface area contributed by atoms with Gasteiger partial charge in [0, 0.05) is 18.5 Å². The molecule has 2 aromatic rings. The number of para-hydroxylation sites is 3. The Morgan fingerprint density at radius 3 is 2.61 bits per heavy atom. The summed E-state index contributed by atoms with van der Waals surface area (Å²) < 4.78 is 36.9. The van der Waals surface area contributed by atoms with E-state index in [0.717, 1.165) is 11.8 Å². The number of hydrogen-bond acceptors (Lipinski definition) is 5. The first kappa shape index (κ1) is 20.0. The normalized spacial score (nSPS) is 17.7. The SMILES string of the molecule is COc1ccccc1[C@H](C)NC(=O)[C@H]1CCN(S(C)(=O)=O)c2ccccc2O1. The van der Waals surface area contributed by atoms with Gasteiger partial charge in [0.25, 0.3) is 5.91 Å². The Morgan fingerprint density at radius 1 is 1.21 bits per heavy atom. The summed E-state index contributed by atoms with van der Waals surface area (Å²) in [6, 6.07) is 14.0. The van der Waals surface area contributed by atoms with Gasteiger partial charge in [0.05, 0.1) is 25.1 Å². The summed E-state index contributed by atoms with van der Waals surface area (Å²) in [7, 11) is -1.90. The quantitative estimate of drug-likeness (QED) is 0.828. The zero-order chi connectivity index (χ0) is 20.3. The van der Waals surface area contributed by atoms with Crippen molar-refractivity contribution in [1.82, 2.24) is 5.32 Å². The Kier molecular flexibility index (Phi) is 5.79. The number of carbonyl (C=O) groups is 1. The third-order valence-electron chi connectivity index (χ3n) is 4.65. The van der Waals surface area contributed by atoms with Crippen LogP contribution < -0.4 is 19.1 Å². The van der Waals surface area contributed by atoms with Gasteiger partial charge in [0.1, 0.15) is 11.5 Å². The maximum absolute atomic E-state index is 12.9. The number of nitrogens with one attached hydrogen (secondary N) is 1. The number of ether oxygens (including phenoxy) is 2. The first-order chi connectivity index (χ1) is 13.3. The molecule has 1 N–H and O–H groups in total. The summed E-state index contributed by atoms with van der Waals surface area (Å²) in [5, 5.41) is 2.94. The van der Waals surface area contributed by atoms with E-state index in [4.69, 9.17) is 9.47 Å². The van der Waals surface area contributed by atoms with E-state index in [1.807, 2.05) is 31.2 Å². The van der Waals surface area contributed by atoms with Gasteiger partial charge in [-0.25, -0.2) is 8.42 Å². The number of anilines is 1. The van der Waals surface area contributed by atoms with Gasteiger partial charge in [-0.05, 0) is 25.1 Å². The molecule has 2 aromatic carbocycles. The molecule has 0 saturated heterocycles. The summed E-state index contributed by atoms with van der Waals surface area (Å²) in [4.78, 5) is 12.9. The second-order valence-corrected chi connectivity index (χ2v) is 8.58. The van der Waals surface area contributed by atoms with Gasteiger partial charge < -0.3 is 14.8 Å². The molecule has 0 unspecified atom stereocenters. The van der Waals surface area contributed by atoms with Gasteiger partial charge >= 0.3 is 0 Å². The van der Waals surface area contributed by atoms with Crippen LogP contribution in [0.2, 0.25) is 0 Å². The highest BCUT2D eigenvalue weighted by atomic mass is 32.2. The van der Waals surface area contributed by atoms with Crippen LogP contribution in [0.25, 0.3) is 0 Å². The van der Waals surface area contributed by atoms with E-state index in [-0.39, 0.29) is 24.9 Å². The molecule has 0 aliphatic carbocycles. The minimum Gasteiger partial charge on any atom is -0.496 e. The third-order valence-corrected chi connectivity index (χ3v) is 5.83. The van der Waals surface area contributed by atoms with Crippen molar-refractivity contribution in [2.75, 3.05) is 24.2 Å². The van der Waals surface area contributed by atoms with Crippen molar-refractivity contribution in [1.29, 1.82) is 0 Å². The van der Waals surface area contributed by atoms with Crippen LogP contribution in [0, 0.1) is 0 Å². The molecule has 1 aliphatic rings. The first-order valence-corrected chi connectivity index (χ1v) is 10.8. The molecule has 0 bridgehead atoms. The third kappa shape index (κ3) is 4.22. The molecule has 1 amide bonds. The van der Waals surface area contributed by atoms with E-state index in [9.17, 15) is 13.2 Å². The number of nitrogens with zero attached hydrogens (tertiary/aromatic N) is 1. The molecule has 0 radical (unpaired) electrons. The number of fused-ring (bicyclic) bond motifs is 1. The fraction of sp³-hybridized carbons (Fsp3) is 0.350. The van der Waals surface area contributed by atoms with E-state index >= 15 is 0 Å². The van der Waals surface area contributed by atoms with Crippen molar-refractivity contribution < 1.29 is 22.7 Å². The topological polar surface area (TPSA) is 84.9 Å². The molecule has 150 valence electrons. The fourth-order valence-corrected chi connectivity index (χ4v) is 4.21. The standard InChI is InChI=1S/C20H24N2O5S/c1-14(15-8-4-6-10-17(15)26-2)21-20(23)19-12-13-22(28(3,24)25)16-9-5-7-11-18(16)27-19/h4-11,14,19H,12-13H2,1-3H3,(H,21,23)/t14-,19+/m0/s1. The molecule has 0 spiro atoms. The Hall–Kier alpha value is -2.74. The van der Waals surface area contributed by atoms with Gasteiger partial charge in [-0.3, -0.25) is 9.10 Å². The van der Waals surface area contributed by atoms with Gasteiger partial charge in [0.2, 0.25) is 10.0 Å². The zero-order valence-electron chi connectivity index (χ0n) is 16.1. The van der Waals surface area contributed by atoms with Crippen LogP contribution in [0.5, 0.6) is 11.5 Å². The monoisotopic (exact) mass is 404 g/mol. The summed E-state index contributed by atoms with van der Waals surface area (Å²) in [5.74, 6) is 0.754. The van der Waals surface area contributed by atoms with E-state index in [1.165, 1.54) is 4.31 Å². The van der Waals surface area contributed by atoms with Crippen molar-refractivity contribution in [3.63, 3.8) is 0 Å². The number of sulfonamides is 1. The number of carbonyl (C=O) groups excluding carboxylic acids is 1. The van der Waals surface area contributed by atoms with Crippen LogP contribution in [-0.2, 0) is 14.8 Å². The molecule has 28 heavy (non-hydrogen) atoms. The van der Waals surface area contributed by atoms with Crippen molar-refractivity contribution >= 4 is 21.6 Å². The average Bonchev–Trinajstić information content (AvgIpc) is 2.87. The van der Waals surface area contributed by atoms with Gasteiger partial charge in [-0.2, -0.15) is 0 Å². The van der Waals surface area contributed by atoms with Crippen molar-refractivity contribution in [2.45, 2.75) is 25.5 Å². The van der Waals surface area contributed by atoms with E-state index in [2.05, 4.69) is 5.32 Å². The molecule has 7 nitrogen and oxygen atoms in total. The van der Waals surface area contributed by atoms with Crippen LogP contribution in [0.3, 0.4) is 0 Å². The molecule has 8 heteroatoms. The Morgan fingerprint density at radius 2 is 1.89 bits per heavy atom. The highest BCUT2D eigenvalue weighted by Gasteiger charge is 2.31. The van der Waals surface area contributed by atoms with Crippen LogP contribution in [0.15, 0.2) is 48.5 Å².